The number of hydrogen-bond donors (Lipinski definition) is 2. The standard InChI is InChI=1S/C18H19ClN2O3/c1-24-12-4-11-20-17(22)13-7-9-14(10-8-13)21-18(23)15-5-2-3-6-16(15)19/h2-3,5-10H,4,11-12H2,1H3,(H,20,22)(H,21,23). The van der Waals surface area contributed by atoms with Gasteiger partial charge in [0.05, 0.1) is 10.6 Å². The maximum Gasteiger partial charge on any atom is 0.257 e. The van der Waals surface area contributed by atoms with E-state index in [-0.39, 0.29) is 11.8 Å². The van der Waals surface area contributed by atoms with Crippen LogP contribution in [0.15, 0.2) is 48.5 Å². The summed E-state index contributed by atoms with van der Waals surface area (Å²) in [5.74, 6) is -0.451. The maximum atomic E-state index is 12.2. The Morgan fingerprint density at radius 2 is 1.75 bits per heavy atom. The number of hydrogen-bond acceptors (Lipinski definition) is 3. The van der Waals surface area contributed by atoms with Gasteiger partial charge in [-0.3, -0.25) is 9.59 Å². The van der Waals surface area contributed by atoms with Gasteiger partial charge < -0.3 is 15.4 Å². The Morgan fingerprint density at radius 3 is 2.42 bits per heavy atom. The van der Waals surface area contributed by atoms with Crippen molar-refractivity contribution < 1.29 is 14.3 Å². The van der Waals surface area contributed by atoms with E-state index in [1.165, 1.54) is 0 Å². The molecule has 2 N–H and O–H groups in total. The lowest BCUT2D eigenvalue weighted by Gasteiger charge is -2.08. The van der Waals surface area contributed by atoms with Gasteiger partial charge in [0.2, 0.25) is 0 Å². The van der Waals surface area contributed by atoms with E-state index in [2.05, 4.69) is 10.6 Å². The SMILES string of the molecule is COCCCNC(=O)c1ccc(NC(=O)c2ccccc2Cl)cc1. The Kier molecular flexibility index (Phi) is 6.78. The molecule has 126 valence electrons. The lowest BCUT2D eigenvalue weighted by atomic mass is 10.1. The molecule has 2 aromatic rings. The van der Waals surface area contributed by atoms with Crippen LogP contribution < -0.4 is 10.6 Å². The van der Waals surface area contributed by atoms with Crippen molar-refractivity contribution in [3.63, 3.8) is 0 Å². The van der Waals surface area contributed by atoms with Crippen LogP contribution in [0, 0.1) is 0 Å². The molecule has 2 rings (SSSR count). The molecule has 24 heavy (non-hydrogen) atoms. The lowest BCUT2D eigenvalue weighted by Crippen LogP contribution is -2.25. The second-order valence-electron chi connectivity index (χ2n) is 5.11. The summed E-state index contributed by atoms with van der Waals surface area (Å²) in [5, 5.41) is 5.95. The minimum absolute atomic E-state index is 0.157. The Labute approximate surface area is 146 Å². The van der Waals surface area contributed by atoms with Gasteiger partial charge in [0.15, 0.2) is 0 Å². The number of halogens is 1. The Bertz CT molecular complexity index is 702. The molecule has 2 aromatic carbocycles. The highest BCUT2D eigenvalue weighted by Gasteiger charge is 2.10. The molecular formula is C18H19ClN2O3. The van der Waals surface area contributed by atoms with Crippen LogP contribution in [0.3, 0.4) is 0 Å². The zero-order chi connectivity index (χ0) is 17.4. The van der Waals surface area contributed by atoms with Gasteiger partial charge in [-0.25, -0.2) is 0 Å². The fourth-order valence-electron chi connectivity index (χ4n) is 2.07. The van der Waals surface area contributed by atoms with Crippen molar-refractivity contribution in [1.82, 2.24) is 5.32 Å². The van der Waals surface area contributed by atoms with E-state index >= 15 is 0 Å². The molecular weight excluding hydrogens is 328 g/mol. The van der Waals surface area contributed by atoms with Crippen molar-refractivity contribution >= 4 is 29.1 Å². The van der Waals surface area contributed by atoms with Crippen molar-refractivity contribution in [1.29, 1.82) is 0 Å². The van der Waals surface area contributed by atoms with Crippen LogP contribution in [0.5, 0.6) is 0 Å². The quantitative estimate of drug-likeness (QED) is 0.755. The van der Waals surface area contributed by atoms with Gasteiger partial charge in [0, 0.05) is 31.5 Å². The Balaban J connectivity index is 1.93. The highest BCUT2D eigenvalue weighted by molar-refractivity contribution is 6.34. The molecule has 0 saturated carbocycles. The van der Waals surface area contributed by atoms with Gasteiger partial charge in [-0.1, -0.05) is 23.7 Å². The third-order valence-corrected chi connectivity index (χ3v) is 3.66. The first kappa shape index (κ1) is 18.0. The summed E-state index contributed by atoms with van der Waals surface area (Å²) < 4.78 is 4.93. The monoisotopic (exact) mass is 346 g/mol. The van der Waals surface area contributed by atoms with E-state index in [0.29, 0.717) is 35.0 Å². The lowest BCUT2D eigenvalue weighted by molar-refractivity contribution is 0.0948. The fraction of sp³-hybridized carbons (Fsp3) is 0.222. The summed E-state index contributed by atoms with van der Waals surface area (Å²) in [5.41, 5.74) is 1.53. The number of anilines is 1. The maximum absolute atomic E-state index is 12.2. The van der Waals surface area contributed by atoms with Gasteiger partial charge in [-0.05, 0) is 42.8 Å². The smallest absolute Gasteiger partial charge is 0.257 e. The molecule has 0 radical (unpaired) electrons. The predicted molar refractivity (Wildman–Crippen MR) is 94.7 cm³/mol. The van der Waals surface area contributed by atoms with Gasteiger partial charge in [-0.15, -0.1) is 0 Å². The first-order valence-electron chi connectivity index (χ1n) is 7.55. The van der Waals surface area contributed by atoms with Crippen LogP contribution in [-0.2, 0) is 4.74 Å². The van der Waals surface area contributed by atoms with E-state index in [1.807, 2.05) is 0 Å². The van der Waals surface area contributed by atoms with E-state index < -0.39 is 0 Å². The Hall–Kier alpha value is -2.37. The molecule has 0 aromatic heterocycles. The second-order valence-corrected chi connectivity index (χ2v) is 5.52. The highest BCUT2D eigenvalue weighted by Crippen LogP contribution is 2.17. The molecule has 0 aliphatic carbocycles. The van der Waals surface area contributed by atoms with Gasteiger partial charge in [0.1, 0.15) is 0 Å². The summed E-state index contributed by atoms with van der Waals surface area (Å²) in [6, 6.07) is 13.5. The minimum atomic E-state index is -0.294. The summed E-state index contributed by atoms with van der Waals surface area (Å²) in [6.45, 7) is 1.16. The fourth-order valence-corrected chi connectivity index (χ4v) is 2.29. The third kappa shape index (κ3) is 5.08. The van der Waals surface area contributed by atoms with Crippen molar-refractivity contribution in [2.24, 2.45) is 0 Å². The van der Waals surface area contributed by atoms with Gasteiger partial charge in [0.25, 0.3) is 11.8 Å². The molecule has 0 aliphatic rings. The summed E-state index contributed by atoms with van der Waals surface area (Å²) in [7, 11) is 1.62. The first-order chi connectivity index (χ1) is 11.6. The molecule has 0 heterocycles. The average Bonchev–Trinajstić information content (AvgIpc) is 2.59. The molecule has 0 saturated heterocycles. The molecule has 2 amide bonds. The number of carbonyl (C=O) groups excluding carboxylic acids is 2. The molecule has 0 bridgehead atoms. The number of nitrogens with one attached hydrogen (secondary N) is 2. The van der Waals surface area contributed by atoms with Crippen LogP contribution in [0.25, 0.3) is 0 Å². The summed E-state index contributed by atoms with van der Waals surface area (Å²) >= 11 is 6.00. The van der Waals surface area contributed by atoms with Crippen LogP contribution in [0.4, 0.5) is 5.69 Å². The van der Waals surface area contributed by atoms with Crippen molar-refractivity contribution in [3.05, 3.63) is 64.7 Å². The van der Waals surface area contributed by atoms with Crippen molar-refractivity contribution in [3.8, 4) is 0 Å². The number of benzene rings is 2. The molecule has 5 nitrogen and oxygen atoms in total. The average molecular weight is 347 g/mol. The second kappa shape index (κ2) is 9.05. The summed E-state index contributed by atoms with van der Waals surface area (Å²) in [6.07, 6.45) is 0.758. The number of amides is 2. The van der Waals surface area contributed by atoms with Crippen molar-refractivity contribution in [2.75, 3.05) is 25.6 Å². The zero-order valence-electron chi connectivity index (χ0n) is 13.3. The molecule has 0 spiro atoms. The van der Waals surface area contributed by atoms with Crippen LogP contribution in [-0.4, -0.2) is 32.1 Å². The molecule has 6 heteroatoms. The molecule has 0 atom stereocenters. The highest BCUT2D eigenvalue weighted by atomic mass is 35.5. The Morgan fingerprint density at radius 1 is 1.04 bits per heavy atom. The minimum Gasteiger partial charge on any atom is -0.385 e. The van der Waals surface area contributed by atoms with Crippen LogP contribution in [0.1, 0.15) is 27.1 Å². The predicted octanol–water partition coefficient (Wildman–Crippen LogP) is 3.36. The number of rotatable bonds is 7. The number of carbonyl (C=O) groups is 2. The number of methoxy groups -OCH3 is 1. The van der Waals surface area contributed by atoms with Crippen molar-refractivity contribution in [2.45, 2.75) is 6.42 Å². The van der Waals surface area contributed by atoms with E-state index in [0.717, 1.165) is 6.42 Å². The van der Waals surface area contributed by atoms with Gasteiger partial charge in [-0.2, -0.15) is 0 Å². The zero-order valence-corrected chi connectivity index (χ0v) is 14.1. The van der Waals surface area contributed by atoms with Gasteiger partial charge >= 0.3 is 0 Å². The molecule has 0 fully saturated rings. The molecule has 0 unspecified atom stereocenters. The number of ether oxygens (including phenoxy) is 1. The van der Waals surface area contributed by atoms with E-state index in [9.17, 15) is 9.59 Å². The largest absolute Gasteiger partial charge is 0.385 e. The van der Waals surface area contributed by atoms with Crippen LogP contribution in [0.2, 0.25) is 5.02 Å². The van der Waals surface area contributed by atoms with Crippen LogP contribution >= 0.6 is 11.6 Å². The topological polar surface area (TPSA) is 67.4 Å². The van der Waals surface area contributed by atoms with E-state index in [1.54, 1.807) is 55.6 Å². The normalized spacial score (nSPS) is 10.2. The third-order valence-electron chi connectivity index (χ3n) is 3.33. The van der Waals surface area contributed by atoms with E-state index in [4.69, 9.17) is 16.3 Å². The first-order valence-corrected chi connectivity index (χ1v) is 7.92. The summed E-state index contributed by atoms with van der Waals surface area (Å²) in [4.78, 5) is 24.1. The molecule has 0 aliphatic heterocycles.